The molecule has 1 saturated heterocycles. The second-order valence-electron chi connectivity index (χ2n) is 5.53. The van der Waals surface area contributed by atoms with E-state index in [1.807, 2.05) is 0 Å². The average molecular weight is 361 g/mol. The highest BCUT2D eigenvalue weighted by atomic mass is 79.9. The minimum Gasteiger partial charge on any atom is -0.493 e. The normalized spacial score (nSPS) is 20.5. The molecule has 0 aliphatic carbocycles. The lowest BCUT2D eigenvalue weighted by atomic mass is 9.92. The smallest absolute Gasteiger partial charge is 0.127 e. The number of hydrogen-bond donors (Lipinski definition) is 1. The molecule has 1 N–H and O–H groups in total. The van der Waals surface area contributed by atoms with Gasteiger partial charge in [0.1, 0.15) is 5.75 Å². The zero-order valence-electron chi connectivity index (χ0n) is 11.4. The molecule has 20 heavy (non-hydrogen) atoms. The van der Waals surface area contributed by atoms with Crippen molar-refractivity contribution in [2.24, 2.45) is 0 Å². The molecule has 0 unspecified atom stereocenters. The summed E-state index contributed by atoms with van der Waals surface area (Å²) in [5.74, 6) is 1.67. The van der Waals surface area contributed by atoms with Crippen molar-refractivity contribution >= 4 is 27.5 Å². The van der Waals surface area contributed by atoms with Crippen LogP contribution >= 0.6 is 27.5 Å². The minimum absolute atomic E-state index is 0.00634. The summed E-state index contributed by atoms with van der Waals surface area (Å²) in [5, 5.41) is 3.65. The van der Waals surface area contributed by atoms with Crippen LogP contribution in [0.5, 0.6) is 5.75 Å². The summed E-state index contributed by atoms with van der Waals surface area (Å²) in [4.78, 5) is 0. The van der Waals surface area contributed by atoms with Crippen LogP contribution in [0.15, 0.2) is 16.6 Å². The molecule has 2 aliphatic rings. The van der Waals surface area contributed by atoms with Gasteiger partial charge < -0.3 is 14.8 Å². The molecular formula is C15H19BrClNO2. The molecule has 2 heterocycles. The van der Waals surface area contributed by atoms with E-state index in [1.54, 1.807) is 0 Å². The molecule has 5 heteroatoms. The first kappa shape index (κ1) is 14.6. The third-order valence-corrected chi connectivity index (χ3v) is 5.15. The topological polar surface area (TPSA) is 30.5 Å². The summed E-state index contributed by atoms with van der Waals surface area (Å²) in [6, 6.07) is 4.29. The second kappa shape index (κ2) is 6.22. The molecule has 3 nitrogen and oxygen atoms in total. The molecule has 0 atom stereocenters. The van der Waals surface area contributed by atoms with Gasteiger partial charge in [-0.1, -0.05) is 15.9 Å². The summed E-state index contributed by atoms with van der Waals surface area (Å²) in [7, 11) is 0. The van der Waals surface area contributed by atoms with Crippen molar-refractivity contribution in [3.05, 3.63) is 27.7 Å². The van der Waals surface area contributed by atoms with E-state index >= 15 is 0 Å². The fourth-order valence-electron chi connectivity index (χ4n) is 2.88. The quantitative estimate of drug-likeness (QED) is 0.836. The van der Waals surface area contributed by atoms with Crippen molar-refractivity contribution < 1.29 is 9.47 Å². The fraction of sp³-hybridized carbons (Fsp3) is 0.600. The largest absolute Gasteiger partial charge is 0.493 e. The van der Waals surface area contributed by atoms with E-state index in [4.69, 9.17) is 21.1 Å². The van der Waals surface area contributed by atoms with Crippen LogP contribution in [0, 0.1) is 0 Å². The molecule has 1 aromatic rings. The third kappa shape index (κ3) is 2.98. The minimum atomic E-state index is -0.00634. The van der Waals surface area contributed by atoms with Crippen LogP contribution in [0.4, 0.5) is 0 Å². The van der Waals surface area contributed by atoms with Gasteiger partial charge in [0.2, 0.25) is 0 Å². The maximum Gasteiger partial charge on any atom is 0.127 e. The number of fused-ring (bicyclic) bond motifs is 1. The maximum atomic E-state index is 6.19. The number of nitrogens with one attached hydrogen (secondary N) is 1. The maximum absolute atomic E-state index is 6.19. The highest BCUT2D eigenvalue weighted by Crippen LogP contribution is 2.33. The van der Waals surface area contributed by atoms with Gasteiger partial charge in [-0.25, -0.2) is 0 Å². The standard InChI is InChI=1S/C15H19BrClNO2/c16-13-7-11-1-4-20-14(11)12(8-13)9-18-15(10-17)2-5-19-6-3-15/h7-8,18H,1-6,9-10H2. The Labute approximate surface area is 133 Å². The van der Waals surface area contributed by atoms with Crippen LogP contribution in [-0.4, -0.2) is 31.2 Å². The van der Waals surface area contributed by atoms with Gasteiger partial charge in [-0.2, -0.15) is 0 Å². The molecule has 3 rings (SSSR count). The summed E-state index contributed by atoms with van der Waals surface area (Å²) in [6.45, 7) is 3.14. The lowest BCUT2D eigenvalue weighted by molar-refractivity contribution is 0.0458. The predicted molar refractivity (Wildman–Crippen MR) is 83.7 cm³/mol. The van der Waals surface area contributed by atoms with Crippen molar-refractivity contribution in [3.8, 4) is 5.75 Å². The molecule has 0 saturated carbocycles. The molecule has 0 radical (unpaired) electrons. The highest BCUT2D eigenvalue weighted by Gasteiger charge is 2.31. The lowest BCUT2D eigenvalue weighted by Crippen LogP contribution is -2.50. The van der Waals surface area contributed by atoms with Crippen molar-refractivity contribution in [2.75, 3.05) is 25.7 Å². The van der Waals surface area contributed by atoms with Crippen molar-refractivity contribution in [1.29, 1.82) is 0 Å². The summed E-state index contributed by atoms with van der Waals surface area (Å²) in [5.41, 5.74) is 2.50. The van der Waals surface area contributed by atoms with E-state index < -0.39 is 0 Å². The summed E-state index contributed by atoms with van der Waals surface area (Å²) < 4.78 is 12.3. The molecule has 0 amide bonds. The number of benzene rings is 1. The van der Waals surface area contributed by atoms with E-state index in [9.17, 15) is 0 Å². The van der Waals surface area contributed by atoms with Gasteiger partial charge >= 0.3 is 0 Å². The Morgan fingerprint density at radius 1 is 1.25 bits per heavy atom. The van der Waals surface area contributed by atoms with Gasteiger partial charge in [0.15, 0.2) is 0 Å². The van der Waals surface area contributed by atoms with Crippen LogP contribution in [0.2, 0.25) is 0 Å². The number of alkyl halides is 1. The van der Waals surface area contributed by atoms with Gasteiger partial charge in [0.05, 0.1) is 6.61 Å². The van der Waals surface area contributed by atoms with Gasteiger partial charge in [-0.3, -0.25) is 0 Å². The SMILES string of the molecule is ClCC1(NCc2cc(Br)cc3c2OCC3)CCOCC1. The van der Waals surface area contributed by atoms with E-state index in [1.165, 1.54) is 11.1 Å². The molecule has 0 aromatic heterocycles. The van der Waals surface area contributed by atoms with Gasteiger partial charge in [-0.15, -0.1) is 11.6 Å². The van der Waals surface area contributed by atoms with Crippen LogP contribution in [0.1, 0.15) is 24.0 Å². The van der Waals surface area contributed by atoms with Gasteiger partial charge in [-0.05, 0) is 30.5 Å². The van der Waals surface area contributed by atoms with Crippen molar-refractivity contribution in [1.82, 2.24) is 5.32 Å². The van der Waals surface area contributed by atoms with Crippen LogP contribution in [0.3, 0.4) is 0 Å². The Kier molecular flexibility index (Phi) is 4.55. The Bertz CT molecular complexity index is 489. The molecule has 1 fully saturated rings. The first-order valence-electron chi connectivity index (χ1n) is 7.05. The lowest BCUT2D eigenvalue weighted by Gasteiger charge is -2.36. The van der Waals surface area contributed by atoms with Gasteiger partial charge in [0.25, 0.3) is 0 Å². The molecule has 0 bridgehead atoms. The highest BCUT2D eigenvalue weighted by molar-refractivity contribution is 9.10. The number of halogens is 2. The van der Waals surface area contributed by atoms with E-state index in [2.05, 4.69) is 33.4 Å². The Morgan fingerprint density at radius 3 is 2.80 bits per heavy atom. The second-order valence-corrected chi connectivity index (χ2v) is 6.71. The Balaban J connectivity index is 1.75. The molecule has 2 aliphatic heterocycles. The summed E-state index contributed by atoms with van der Waals surface area (Å²) in [6.07, 6.45) is 2.93. The van der Waals surface area contributed by atoms with E-state index in [-0.39, 0.29) is 5.54 Å². The first-order valence-corrected chi connectivity index (χ1v) is 8.38. The predicted octanol–water partition coefficient (Wildman–Crippen LogP) is 3.26. The van der Waals surface area contributed by atoms with Crippen LogP contribution in [0.25, 0.3) is 0 Å². The van der Waals surface area contributed by atoms with Crippen molar-refractivity contribution in [2.45, 2.75) is 31.3 Å². The number of rotatable bonds is 4. The number of hydrogen-bond acceptors (Lipinski definition) is 3. The van der Waals surface area contributed by atoms with E-state index in [0.717, 1.165) is 55.9 Å². The molecule has 1 aromatic carbocycles. The fourth-order valence-corrected chi connectivity index (χ4v) is 3.79. The molecular weight excluding hydrogens is 342 g/mol. The zero-order valence-corrected chi connectivity index (χ0v) is 13.7. The summed E-state index contributed by atoms with van der Waals surface area (Å²) >= 11 is 9.78. The van der Waals surface area contributed by atoms with Gasteiger partial charge in [0, 0.05) is 47.6 Å². The molecule has 0 spiro atoms. The van der Waals surface area contributed by atoms with Crippen LogP contribution < -0.4 is 10.1 Å². The molecule has 110 valence electrons. The third-order valence-electron chi connectivity index (χ3n) is 4.18. The Hall–Kier alpha value is -0.290. The zero-order chi connectivity index (χ0) is 14.0. The number of ether oxygens (including phenoxy) is 2. The first-order chi connectivity index (χ1) is 9.72. The Morgan fingerprint density at radius 2 is 2.05 bits per heavy atom. The van der Waals surface area contributed by atoms with Crippen LogP contribution in [-0.2, 0) is 17.7 Å². The average Bonchev–Trinajstić information content (AvgIpc) is 2.94. The van der Waals surface area contributed by atoms with Crippen molar-refractivity contribution in [3.63, 3.8) is 0 Å². The van der Waals surface area contributed by atoms with E-state index in [0.29, 0.717) is 5.88 Å². The monoisotopic (exact) mass is 359 g/mol.